The number of hydrogen-bond donors (Lipinski definition) is 0. The van der Waals surface area contributed by atoms with E-state index < -0.39 is 9.84 Å². The first-order valence-electron chi connectivity index (χ1n) is 5.72. The Kier molecular flexibility index (Phi) is 5.07. The zero-order valence-corrected chi connectivity index (χ0v) is 11.8. The molecule has 0 atom stereocenters. The maximum absolute atomic E-state index is 11.8. The largest absolute Gasteiger partial charge is 0.344 e. The molecule has 1 amide bonds. The van der Waals surface area contributed by atoms with Crippen LogP contribution < -0.4 is 0 Å². The fourth-order valence-electron chi connectivity index (χ4n) is 1.43. The summed E-state index contributed by atoms with van der Waals surface area (Å²) in [5.74, 6) is -0.184. The minimum Gasteiger partial charge on any atom is -0.344 e. The number of carbonyl (C=O) groups excluding carboxylic acids is 1. The van der Waals surface area contributed by atoms with Crippen LogP contribution in [0.25, 0.3) is 0 Å². The molecule has 0 aliphatic rings. The van der Waals surface area contributed by atoms with E-state index in [4.69, 9.17) is 5.26 Å². The molecule has 0 aliphatic heterocycles. The van der Waals surface area contributed by atoms with Crippen LogP contribution in [0.1, 0.15) is 11.1 Å². The molecule has 5 nitrogen and oxygen atoms in total. The Morgan fingerprint density at radius 3 is 2.37 bits per heavy atom. The summed E-state index contributed by atoms with van der Waals surface area (Å²) < 4.78 is 22.0. The molecule has 1 aromatic rings. The minimum atomic E-state index is -3.06. The third kappa shape index (κ3) is 5.53. The van der Waals surface area contributed by atoms with Gasteiger partial charge in [-0.2, -0.15) is 5.26 Å². The molecule has 0 N–H and O–H groups in total. The van der Waals surface area contributed by atoms with Crippen LogP contribution in [0.4, 0.5) is 0 Å². The monoisotopic (exact) mass is 280 g/mol. The summed E-state index contributed by atoms with van der Waals surface area (Å²) in [6.45, 7) is 0.188. The molecule has 0 unspecified atom stereocenters. The number of rotatable bonds is 5. The predicted molar refractivity (Wildman–Crippen MR) is 72.2 cm³/mol. The van der Waals surface area contributed by atoms with Crippen LogP contribution in [0.2, 0.25) is 0 Å². The molecule has 0 spiro atoms. The van der Waals surface area contributed by atoms with Crippen molar-refractivity contribution in [3.05, 3.63) is 35.4 Å². The quantitative estimate of drug-likeness (QED) is 0.791. The Hall–Kier alpha value is -1.87. The van der Waals surface area contributed by atoms with Gasteiger partial charge in [-0.3, -0.25) is 4.79 Å². The van der Waals surface area contributed by atoms with E-state index in [1.807, 2.05) is 6.07 Å². The van der Waals surface area contributed by atoms with Crippen LogP contribution in [-0.4, -0.2) is 44.8 Å². The van der Waals surface area contributed by atoms with Crippen molar-refractivity contribution in [2.45, 2.75) is 6.42 Å². The lowest BCUT2D eigenvalue weighted by atomic mass is 10.1. The van der Waals surface area contributed by atoms with E-state index in [0.29, 0.717) is 5.56 Å². The van der Waals surface area contributed by atoms with Gasteiger partial charge in [0.1, 0.15) is 9.84 Å². The van der Waals surface area contributed by atoms with Gasteiger partial charge in [0.15, 0.2) is 0 Å². The maximum atomic E-state index is 11.8. The molecule has 0 bridgehead atoms. The predicted octanol–water partition coefficient (Wildman–Crippen LogP) is 0.604. The summed E-state index contributed by atoms with van der Waals surface area (Å²) in [5.41, 5.74) is 1.34. The van der Waals surface area contributed by atoms with E-state index in [0.717, 1.165) is 11.8 Å². The molecule has 19 heavy (non-hydrogen) atoms. The molecule has 0 saturated carbocycles. The SMILES string of the molecule is CN(CCS(C)(=O)=O)C(=O)Cc1ccc(C#N)cc1. The molecular weight excluding hydrogens is 264 g/mol. The van der Waals surface area contributed by atoms with Crippen molar-refractivity contribution < 1.29 is 13.2 Å². The lowest BCUT2D eigenvalue weighted by Gasteiger charge is -2.16. The van der Waals surface area contributed by atoms with Crippen molar-refractivity contribution in [2.75, 3.05) is 25.6 Å². The number of nitriles is 1. The van der Waals surface area contributed by atoms with Gasteiger partial charge in [-0.05, 0) is 17.7 Å². The standard InChI is InChI=1S/C13H16N2O3S/c1-15(7-8-19(2,17)18)13(16)9-11-3-5-12(10-14)6-4-11/h3-6H,7-9H2,1-2H3. The second-order valence-corrected chi connectivity index (χ2v) is 6.69. The summed E-state index contributed by atoms with van der Waals surface area (Å²) in [6, 6.07) is 8.76. The second kappa shape index (κ2) is 6.34. The number of sulfone groups is 1. The van der Waals surface area contributed by atoms with Crippen LogP contribution in [0.5, 0.6) is 0 Å². The molecule has 1 rings (SSSR count). The molecule has 0 heterocycles. The number of benzene rings is 1. The Morgan fingerprint density at radius 2 is 1.89 bits per heavy atom. The Bertz CT molecular complexity index is 585. The lowest BCUT2D eigenvalue weighted by molar-refractivity contribution is -0.128. The highest BCUT2D eigenvalue weighted by molar-refractivity contribution is 7.90. The summed E-state index contributed by atoms with van der Waals surface area (Å²) in [7, 11) is -1.48. The Balaban J connectivity index is 2.56. The summed E-state index contributed by atoms with van der Waals surface area (Å²) in [5, 5.41) is 8.66. The second-order valence-electron chi connectivity index (χ2n) is 4.43. The van der Waals surface area contributed by atoms with Crippen molar-refractivity contribution in [1.82, 2.24) is 4.90 Å². The number of nitrogens with zero attached hydrogens (tertiary/aromatic N) is 2. The Morgan fingerprint density at radius 1 is 1.32 bits per heavy atom. The average Bonchev–Trinajstić information content (AvgIpc) is 2.36. The minimum absolute atomic E-state index is 0.0391. The first-order valence-corrected chi connectivity index (χ1v) is 7.78. The van der Waals surface area contributed by atoms with Gasteiger partial charge in [0.25, 0.3) is 0 Å². The van der Waals surface area contributed by atoms with Crippen molar-refractivity contribution >= 4 is 15.7 Å². The molecule has 6 heteroatoms. The van der Waals surface area contributed by atoms with Gasteiger partial charge in [-0.25, -0.2) is 8.42 Å². The van der Waals surface area contributed by atoms with E-state index in [1.165, 1.54) is 4.90 Å². The molecule has 102 valence electrons. The Labute approximate surface area is 113 Å². The molecule has 0 aromatic heterocycles. The zero-order valence-electron chi connectivity index (χ0n) is 11.0. The highest BCUT2D eigenvalue weighted by Crippen LogP contribution is 2.05. The molecule has 0 saturated heterocycles. The maximum Gasteiger partial charge on any atom is 0.226 e. The third-order valence-electron chi connectivity index (χ3n) is 2.66. The van der Waals surface area contributed by atoms with Crippen molar-refractivity contribution in [2.24, 2.45) is 0 Å². The van der Waals surface area contributed by atoms with Crippen LogP contribution in [0.15, 0.2) is 24.3 Å². The molecule has 0 radical (unpaired) electrons. The highest BCUT2D eigenvalue weighted by Gasteiger charge is 2.12. The van der Waals surface area contributed by atoms with Crippen LogP contribution in [0, 0.1) is 11.3 Å². The van der Waals surface area contributed by atoms with Crippen LogP contribution in [0.3, 0.4) is 0 Å². The van der Waals surface area contributed by atoms with Gasteiger partial charge in [-0.15, -0.1) is 0 Å². The van der Waals surface area contributed by atoms with E-state index in [1.54, 1.807) is 31.3 Å². The van der Waals surface area contributed by atoms with Crippen molar-refractivity contribution in [3.63, 3.8) is 0 Å². The number of hydrogen-bond acceptors (Lipinski definition) is 4. The average molecular weight is 280 g/mol. The molecule has 0 fully saturated rings. The van der Waals surface area contributed by atoms with Gasteiger partial charge in [0, 0.05) is 19.8 Å². The smallest absolute Gasteiger partial charge is 0.226 e. The lowest BCUT2D eigenvalue weighted by Crippen LogP contribution is -2.32. The number of likely N-dealkylation sites (N-methyl/N-ethyl adjacent to an activating group) is 1. The number of carbonyl (C=O) groups is 1. The van der Waals surface area contributed by atoms with Crippen molar-refractivity contribution in [1.29, 1.82) is 5.26 Å². The molecule has 0 aliphatic carbocycles. The van der Waals surface area contributed by atoms with E-state index >= 15 is 0 Å². The summed E-state index contributed by atoms with van der Waals surface area (Å²) in [4.78, 5) is 13.3. The normalized spacial score (nSPS) is 10.8. The van der Waals surface area contributed by atoms with E-state index in [2.05, 4.69) is 0 Å². The van der Waals surface area contributed by atoms with Gasteiger partial charge < -0.3 is 4.90 Å². The summed E-state index contributed by atoms with van der Waals surface area (Å²) in [6.07, 6.45) is 1.35. The third-order valence-corrected chi connectivity index (χ3v) is 3.59. The summed E-state index contributed by atoms with van der Waals surface area (Å²) >= 11 is 0. The van der Waals surface area contributed by atoms with Gasteiger partial charge in [0.2, 0.25) is 5.91 Å². The zero-order chi connectivity index (χ0) is 14.5. The molecular formula is C13H16N2O3S. The first-order chi connectivity index (χ1) is 8.81. The fourth-order valence-corrected chi connectivity index (χ4v) is 2.04. The van der Waals surface area contributed by atoms with Gasteiger partial charge in [-0.1, -0.05) is 12.1 Å². The molecule has 1 aromatic carbocycles. The van der Waals surface area contributed by atoms with E-state index in [9.17, 15) is 13.2 Å². The van der Waals surface area contributed by atoms with Gasteiger partial charge >= 0.3 is 0 Å². The van der Waals surface area contributed by atoms with Gasteiger partial charge in [0.05, 0.1) is 23.8 Å². The van der Waals surface area contributed by atoms with Crippen LogP contribution in [-0.2, 0) is 21.1 Å². The van der Waals surface area contributed by atoms with Crippen molar-refractivity contribution in [3.8, 4) is 6.07 Å². The first kappa shape index (κ1) is 15.2. The topological polar surface area (TPSA) is 78.2 Å². The highest BCUT2D eigenvalue weighted by atomic mass is 32.2. The number of amides is 1. The fraction of sp³-hybridized carbons (Fsp3) is 0.385. The van der Waals surface area contributed by atoms with E-state index in [-0.39, 0.29) is 24.6 Å². The van der Waals surface area contributed by atoms with Crippen LogP contribution >= 0.6 is 0 Å².